The zero-order chi connectivity index (χ0) is 18.6. The minimum absolute atomic E-state index is 0.0518. The van der Waals surface area contributed by atoms with Crippen molar-refractivity contribution in [2.45, 2.75) is 12.5 Å². The van der Waals surface area contributed by atoms with Crippen molar-refractivity contribution in [2.75, 3.05) is 19.7 Å². The van der Waals surface area contributed by atoms with Gasteiger partial charge in [0.1, 0.15) is 11.9 Å². The van der Waals surface area contributed by atoms with E-state index in [1.807, 2.05) is 24.3 Å². The first-order valence-electron chi connectivity index (χ1n) is 8.81. The normalized spacial score (nSPS) is 16.8. The molecule has 1 aliphatic rings. The largest absolute Gasteiger partial charge is 0.375 e. The zero-order valence-corrected chi connectivity index (χ0v) is 15.4. The van der Waals surface area contributed by atoms with Crippen LogP contribution in [-0.4, -0.2) is 30.2 Å². The van der Waals surface area contributed by atoms with Crippen LogP contribution in [0.25, 0.3) is 21.6 Å². The lowest BCUT2D eigenvalue weighted by atomic mass is 9.91. The molecule has 0 amide bonds. The molecule has 4 rings (SSSR count). The Hall–Kier alpha value is -2.59. The predicted octanol–water partition coefficient (Wildman–Crippen LogP) is 4.02. The minimum atomic E-state index is -0.504. The molecule has 0 aliphatic carbocycles. The summed E-state index contributed by atoms with van der Waals surface area (Å²) in [5.74, 6) is -0.504. The first-order valence-corrected chi connectivity index (χ1v) is 9.59. The number of hydrogen-bond donors (Lipinski definition) is 1. The number of benzene rings is 2. The molecule has 6 heteroatoms. The predicted molar refractivity (Wildman–Crippen MR) is 104 cm³/mol. The molecule has 1 aliphatic heterocycles. The van der Waals surface area contributed by atoms with Crippen molar-refractivity contribution in [3.8, 4) is 27.6 Å². The van der Waals surface area contributed by atoms with Gasteiger partial charge in [-0.15, -0.1) is 0 Å². The van der Waals surface area contributed by atoms with Gasteiger partial charge in [-0.25, -0.2) is 8.76 Å². The molecule has 0 spiro atoms. The van der Waals surface area contributed by atoms with Crippen molar-refractivity contribution < 1.29 is 9.13 Å². The van der Waals surface area contributed by atoms with E-state index in [1.165, 1.54) is 23.7 Å². The van der Waals surface area contributed by atoms with Crippen molar-refractivity contribution in [3.05, 3.63) is 65.6 Å². The Morgan fingerprint density at radius 3 is 2.93 bits per heavy atom. The van der Waals surface area contributed by atoms with Crippen molar-refractivity contribution in [1.29, 1.82) is 5.26 Å². The fourth-order valence-corrected chi connectivity index (χ4v) is 4.11. The lowest BCUT2D eigenvalue weighted by Crippen LogP contribution is -2.39. The van der Waals surface area contributed by atoms with E-state index in [0.29, 0.717) is 6.61 Å². The SMILES string of the molecule is N#Cc1ccc(-c2cccc(C[C@H]3CNCCO3)c2-c2ccns2)cc1F. The third-order valence-electron chi connectivity index (χ3n) is 4.69. The second-order valence-electron chi connectivity index (χ2n) is 6.42. The molecule has 0 bridgehead atoms. The maximum atomic E-state index is 14.2. The number of aromatic nitrogens is 1. The van der Waals surface area contributed by atoms with Crippen LogP contribution in [0.5, 0.6) is 0 Å². The van der Waals surface area contributed by atoms with Crippen molar-refractivity contribution >= 4 is 11.5 Å². The van der Waals surface area contributed by atoms with Gasteiger partial charge in [-0.1, -0.05) is 24.3 Å². The highest BCUT2D eigenvalue weighted by atomic mass is 32.1. The molecule has 27 heavy (non-hydrogen) atoms. The molecule has 0 radical (unpaired) electrons. The standard InChI is InChI=1S/C21H18FN3OS/c22-19-11-14(4-5-16(19)12-23)18-3-1-2-15(10-17-13-24-8-9-26-17)21(18)20-6-7-25-27-20/h1-7,11,17,24H,8-10,13H2/t17-/m0/s1. The van der Waals surface area contributed by atoms with E-state index in [1.54, 1.807) is 12.3 Å². The molecular formula is C21H18FN3OS. The van der Waals surface area contributed by atoms with E-state index < -0.39 is 5.82 Å². The van der Waals surface area contributed by atoms with E-state index >= 15 is 0 Å². The first-order chi connectivity index (χ1) is 13.3. The molecule has 0 unspecified atom stereocenters. The quantitative estimate of drug-likeness (QED) is 0.744. The van der Waals surface area contributed by atoms with E-state index in [0.717, 1.165) is 46.6 Å². The van der Waals surface area contributed by atoms with Gasteiger partial charge in [0.2, 0.25) is 0 Å². The number of nitrogens with one attached hydrogen (secondary N) is 1. The summed E-state index contributed by atoms with van der Waals surface area (Å²) in [7, 11) is 0. The zero-order valence-electron chi connectivity index (χ0n) is 14.6. The van der Waals surface area contributed by atoms with E-state index in [4.69, 9.17) is 10.00 Å². The van der Waals surface area contributed by atoms with Crippen LogP contribution in [0.2, 0.25) is 0 Å². The summed E-state index contributed by atoms with van der Waals surface area (Å²) >= 11 is 1.42. The van der Waals surface area contributed by atoms with Gasteiger partial charge >= 0.3 is 0 Å². The Bertz CT molecular complexity index is 976. The summed E-state index contributed by atoms with van der Waals surface area (Å²) in [6, 6.07) is 14.7. The summed E-state index contributed by atoms with van der Waals surface area (Å²) in [6.45, 7) is 2.40. The van der Waals surface area contributed by atoms with Crippen LogP contribution in [-0.2, 0) is 11.2 Å². The van der Waals surface area contributed by atoms with Gasteiger partial charge in [-0.05, 0) is 46.4 Å². The van der Waals surface area contributed by atoms with Crippen molar-refractivity contribution in [3.63, 3.8) is 0 Å². The van der Waals surface area contributed by atoms with Crippen LogP contribution in [0.15, 0.2) is 48.7 Å². The fourth-order valence-electron chi connectivity index (χ4n) is 3.42. The number of rotatable bonds is 4. The highest BCUT2D eigenvalue weighted by molar-refractivity contribution is 7.09. The van der Waals surface area contributed by atoms with Gasteiger partial charge in [0.15, 0.2) is 0 Å². The van der Waals surface area contributed by atoms with Crippen LogP contribution in [0.4, 0.5) is 4.39 Å². The molecule has 0 saturated carbocycles. The average Bonchev–Trinajstić information content (AvgIpc) is 3.23. The van der Waals surface area contributed by atoms with Crippen molar-refractivity contribution in [2.24, 2.45) is 0 Å². The number of nitrogens with zero attached hydrogens (tertiary/aromatic N) is 2. The fraction of sp³-hybridized carbons (Fsp3) is 0.238. The van der Waals surface area contributed by atoms with Crippen LogP contribution < -0.4 is 5.32 Å². The molecule has 1 aromatic heterocycles. The monoisotopic (exact) mass is 379 g/mol. The third-order valence-corrected chi connectivity index (χ3v) is 5.45. The highest BCUT2D eigenvalue weighted by Gasteiger charge is 2.20. The van der Waals surface area contributed by atoms with Gasteiger partial charge < -0.3 is 10.1 Å². The first kappa shape index (κ1) is 17.8. The van der Waals surface area contributed by atoms with Gasteiger partial charge in [-0.3, -0.25) is 0 Å². The number of hydrogen-bond acceptors (Lipinski definition) is 5. The molecule has 1 saturated heterocycles. The Balaban J connectivity index is 1.80. The van der Waals surface area contributed by atoms with Gasteiger partial charge in [0.05, 0.1) is 23.2 Å². The molecule has 3 aromatic rings. The summed E-state index contributed by atoms with van der Waals surface area (Å²) < 4.78 is 24.3. The minimum Gasteiger partial charge on any atom is -0.375 e. The van der Waals surface area contributed by atoms with E-state index in [2.05, 4.69) is 15.8 Å². The molecule has 4 nitrogen and oxygen atoms in total. The van der Waals surface area contributed by atoms with Crippen molar-refractivity contribution in [1.82, 2.24) is 9.69 Å². The molecule has 1 N–H and O–H groups in total. The topological polar surface area (TPSA) is 57.9 Å². The van der Waals surface area contributed by atoms with E-state index in [-0.39, 0.29) is 11.7 Å². The van der Waals surface area contributed by atoms with Crippen LogP contribution in [0, 0.1) is 17.1 Å². The van der Waals surface area contributed by atoms with Gasteiger partial charge in [-0.2, -0.15) is 5.26 Å². The molecule has 2 aromatic carbocycles. The molecular weight excluding hydrogens is 361 g/mol. The number of ether oxygens (including phenoxy) is 1. The second-order valence-corrected chi connectivity index (χ2v) is 7.26. The summed E-state index contributed by atoms with van der Waals surface area (Å²) in [5.41, 5.74) is 3.94. The van der Waals surface area contributed by atoms with Gasteiger partial charge in [0, 0.05) is 31.3 Å². The van der Waals surface area contributed by atoms with Crippen LogP contribution in [0.3, 0.4) is 0 Å². The van der Waals surface area contributed by atoms with Crippen LogP contribution >= 0.6 is 11.5 Å². The van der Waals surface area contributed by atoms with Gasteiger partial charge in [0.25, 0.3) is 0 Å². The maximum Gasteiger partial charge on any atom is 0.141 e. The third kappa shape index (κ3) is 3.76. The maximum absolute atomic E-state index is 14.2. The molecule has 1 atom stereocenters. The Morgan fingerprint density at radius 2 is 2.22 bits per heavy atom. The lowest BCUT2D eigenvalue weighted by Gasteiger charge is -2.25. The van der Waals surface area contributed by atoms with E-state index in [9.17, 15) is 4.39 Å². The Morgan fingerprint density at radius 1 is 1.30 bits per heavy atom. The number of nitriles is 1. The molecule has 136 valence electrons. The summed E-state index contributed by atoms with van der Waals surface area (Å²) in [4.78, 5) is 1.04. The summed E-state index contributed by atoms with van der Waals surface area (Å²) in [5, 5.41) is 12.4. The lowest BCUT2D eigenvalue weighted by molar-refractivity contribution is 0.0293. The second kappa shape index (κ2) is 7.97. The number of morpholine rings is 1. The molecule has 2 heterocycles. The Labute approximate surface area is 161 Å². The molecule has 1 fully saturated rings. The summed E-state index contributed by atoms with van der Waals surface area (Å²) in [6.07, 6.45) is 2.66. The Kier molecular flexibility index (Phi) is 5.26. The van der Waals surface area contributed by atoms with Crippen LogP contribution in [0.1, 0.15) is 11.1 Å². The smallest absolute Gasteiger partial charge is 0.141 e. The average molecular weight is 379 g/mol. The number of halogens is 1. The highest BCUT2D eigenvalue weighted by Crippen LogP contribution is 2.38.